The number of aryl methyl sites for hydroxylation is 2. The van der Waals surface area contributed by atoms with E-state index in [0.717, 1.165) is 36.4 Å². The Hall–Kier alpha value is -1.97. The lowest BCUT2D eigenvalue weighted by molar-refractivity contribution is 0.319. The van der Waals surface area contributed by atoms with Crippen molar-refractivity contribution in [2.75, 3.05) is 12.3 Å². The number of anilines is 1. The van der Waals surface area contributed by atoms with Crippen LogP contribution >= 0.6 is 0 Å². The summed E-state index contributed by atoms with van der Waals surface area (Å²) in [5.74, 6) is 0.736. The largest absolute Gasteiger partial charge is 0.491 e. The highest BCUT2D eigenvalue weighted by atomic mass is 16.5. The molecule has 4 heteroatoms. The van der Waals surface area contributed by atoms with Gasteiger partial charge in [-0.15, -0.1) is 0 Å². The molecule has 0 spiro atoms. The minimum atomic E-state index is 0.670. The number of hydrogen-bond acceptors (Lipinski definition) is 3. The average Bonchev–Trinajstić information content (AvgIpc) is 2.90. The molecule has 0 aliphatic heterocycles. The van der Waals surface area contributed by atoms with Crippen LogP contribution in [-0.2, 0) is 12.8 Å². The first-order valence-electron chi connectivity index (χ1n) is 7.30. The maximum Gasteiger partial charge on any atom is 0.144 e. The quantitative estimate of drug-likeness (QED) is 0.821. The van der Waals surface area contributed by atoms with E-state index in [2.05, 4.69) is 31.9 Å². The Morgan fingerprint density at radius 3 is 2.60 bits per heavy atom. The Morgan fingerprint density at radius 2 is 1.95 bits per heavy atom. The molecule has 1 aromatic carbocycles. The Balaban J connectivity index is 2.39. The minimum absolute atomic E-state index is 0.670. The summed E-state index contributed by atoms with van der Waals surface area (Å²) in [5.41, 5.74) is 9.93. The number of nitrogens with two attached hydrogens (primary N) is 1. The van der Waals surface area contributed by atoms with Crippen molar-refractivity contribution < 1.29 is 4.74 Å². The van der Waals surface area contributed by atoms with Gasteiger partial charge in [0.25, 0.3) is 0 Å². The van der Waals surface area contributed by atoms with Gasteiger partial charge in [-0.3, -0.25) is 0 Å². The van der Waals surface area contributed by atoms with Crippen LogP contribution in [0.25, 0.3) is 5.69 Å². The van der Waals surface area contributed by atoms with Crippen molar-refractivity contribution in [2.24, 2.45) is 0 Å². The highest BCUT2D eigenvalue weighted by molar-refractivity contribution is 5.57. The highest BCUT2D eigenvalue weighted by Gasteiger charge is 2.09. The van der Waals surface area contributed by atoms with Crippen molar-refractivity contribution in [3.05, 3.63) is 35.7 Å². The van der Waals surface area contributed by atoms with Crippen molar-refractivity contribution >= 4 is 5.69 Å². The van der Waals surface area contributed by atoms with E-state index < -0.39 is 0 Å². The topological polar surface area (TPSA) is 53.1 Å². The molecule has 2 aromatic rings. The molecule has 0 bridgehead atoms. The summed E-state index contributed by atoms with van der Waals surface area (Å²) in [6, 6.07) is 7.99. The second-order valence-corrected chi connectivity index (χ2v) is 4.82. The fourth-order valence-electron chi connectivity index (χ4n) is 2.11. The first kappa shape index (κ1) is 14.4. The predicted octanol–water partition coefficient (Wildman–Crippen LogP) is 3.37. The molecule has 0 aliphatic rings. The van der Waals surface area contributed by atoms with Crippen molar-refractivity contribution in [3.63, 3.8) is 0 Å². The van der Waals surface area contributed by atoms with Crippen molar-refractivity contribution in [1.82, 2.24) is 9.78 Å². The lowest BCUT2D eigenvalue weighted by Gasteiger charge is -2.11. The summed E-state index contributed by atoms with van der Waals surface area (Å²) in [6.07, 6.45) is 2.85. The van der Waals surface area contributed by atoms with Crippen LogP contribution in [0.2, 0.25) is 0 Å². The van der Waals surface area contributed by atoms with E-state index >= 15 is 0 Å². The van der Waals surface area contributed by atoms with Gasteiger partial charge in [-0.05, 0) is 37.5 Å². The van der Waals surface area contributed by atoms with Crippen LogP contribution < -0.4 is 10.5 Å². The smallest absolute Gasteiger partial charge is 0.144 e. The number of nitrogens with zero attached hydrogens (tertiary/aromatic N) is 2. The Labute approximate surface area is 120 Å². The van der Waals surface area contributed by atoms with E-state index in [0.29, 0.717) is 12.3 Å². The summed E-state index contributed by atoms with van der Waals surface area (Å²) in [6.45, 7) is 7.01. The first-order chi connectivity index (χ1) is 9.69. The van der Waals surface area contributed by atoms with Crippen LogP contribution in [0.5, 0.6) is 5.75 Å². The number of aromatic nitrogens is 2. The lowest BCUT2D eigenvalue weighted by Crippen LogP contribution is -2.04. The third-order valence-corrected chi connectivity index (χ3v) is 3.26. The van der Waals surface area contributed by atoms with Gasteiger partial charge in [0.2, 0.25) is 0 Å². The summed E-state index contributed by atoms with van der Waals surface area (Å²) < 4.78 is 7.67. The number of benzene rings is 1. The fourth-order valence-corrected chi connectivity index (χ4v) is 2.11. The number of rotatable bonds is 6. The van der Waals surface area contributed by atoms with Gasteiger partial charge >= 0.3 is 0 Å². The van der Waals surface area contributed by atoms with Gasteiger partial charge in [-0.1, -0.05) is 20.8 Å². The van der Waals surface area contributed by atoms with Crippen LogP contribution in [0.3, 0.4) is 0 Å². The second kappa shape index (κ2) is 6.46. The van der Waals surface area contributed by atoms with Gasteiger partial charge < -0.3 is 10.5 Å². The molecule has 0 amide bonds. The molecule has 0 saturated heterocycles. The number of hydrogen-bond donors (Lipinski definition) is 1. The van der Waals surface area contributed by atoms with E-state index in [1.165, 1.54) is 5.69 Å². The molecule has 1 aromatic heterocycles. The summed E-state index contributed by atoms with van der Waals surface area (Å²) >= 11 is 0. The zero-order valence-electron chi connectivity index (χ0n) is 12.5. The zero-order valence-corrected chi connectivity index (χ0v) is 12.5. The molecule has 0 radical (unpaired) electrons. The van der Waals surface area contributed by atoms with Gasteiger partial charge in [-0.2, -0.15) is 5.10 Å². The van der Waals surface area contributed by atoms with E-state index in [1.807, 2.05) is 22.9 Å². The number of ether oxygens (including phenoxy) is 1. The molecule has 0 unspecified atom stereocenters. The predicted molar refractivity (Wildman–Crippen MR) is 82.5 cm³/mol. The lowest BCUT2D eigenvalue weighted by atomic mass is 10.2. The maximum atomic E-state index is 5.96. The molecule has 1 heterocycles. The molecule has 0 atom stereocenters. The second-order valence-electron chi connectivity index (χ2n) is 4.82. The van der Waals surface area contributed by atoms with E-state index in [4.69, 9.17) is 10.5 Å². The summed E-state index contributed by atoms with van der Waals surface area (Å²) in [5, 5.41) is 4.64. The van der Waals surface area contributed by atoms with Gasteiger partial charge in [0.15, 0.2) is 0 Å². The SMILES string of the molecule is CCCOc1cc(-n2nc(CC)cc2CC)ccc1N. The van der Waals surface area contributed by atoms with Gasteiger partial charge in [0.05, 0.1) is 23.7 Å². The minimum Gasteiger partial charge on any atom is -0.491 e. The molecule has 2 rings (SSSR count). The van der Waals surface area contributed by atoms with E-state index in [-0.39, 0.29) is 0 Å². The zero-order chi connectivity index (χ0) is 14.5. The molecule has 0 aliphatic carbocycles. The molecule has 2 N–H and O–H groups in total. The molecule has 4 nitrogen and oxygen atoms in total. The van der Waals surface area contributed by atoms with Gasteiger partial charge in [-0.25, -0.2) is 4.68 Å². The van der Waals surface area contributed by atoms with Crippen LogP contribution in [0.4, 0.5) is 5.69 Å². The number of nitrogen functional groups attached to an aromatic ring is 1. The first-order valence-corrected chi connectivity index (χ1v) is 7.30. The van der Waals surface area contributed by atoms with Crippen molar-refractivity contribution in [2.45, 2.75) is 40.0 Å². The van der Waals surface area contributed by atoms with Gasteiger partial charge in [0.1, 0.15) is 5.75 Å². The molecular formula is C16H23N3O. The van der Waals surface area contributed by atoms with E-state index in [9.17, 15) is 0 Å². The van der Waals surface area contributed by atoms with Crippen LogP contribution in [0.1, 0.15) is 38.6 Å². The Morgan fingerprint density at radius 1 is 1.15 bits per heavy atom. The normalized spacial score (nSPS) is 10.8. The monoisotopic (exact) mass is 273 g/mol. The molecule has 0 saturated carbocycles. The van der Waals surface area contributed by atoms with Gasteiger partial charge in [0, 0.05) is 11.8 Å². The molecular weight excluding hydrogens is 250 g/mol. The Bertz CT molecular complexity index is 575. The standard InChI is InChI=1S/C16H23N3O/c1-4-9-20-16-11-14(7-8-15(16)17)19-13(6-3)10-12(5-2)18-19/h7-8,10-11H,4-6,9,17H2,1-3H3. The van der Waals surface area contributed by atoms with E-state index in [1.54, 1.807) is 0 Å². The average molecular weight is 273 g/mol. The third-order valence-electron chi connectivity index (χ3n) is 3.26. The van der Waals surface area contributed by atoms with Crippen LogP contribution in [-0.4, -0.2) is 16.4 Å². The summed E-state index contributed by atoms with van der Waals surface area (Å²) in [4.78, 5) is 0. The molecule has 20 heavy (non-hydrogen) atoms. The maximum absolute atomic E-state index is 5.96. The summed E-state index contributed by atoms with van der Waals surface area (Å²) in [7, 11) is 0. The third kappa shape index (κ3) is 2.95. The van der Waals surface area contributed by atoms with Crippen LogP contribution in [0, 0.1) is 0 Å². The Kier molecular flexibility index (Phi) is 4.66. The van der Waals surface area contributed by atoms with Crippen LogP contribution in [0.15, 0.2) is 24.3 Å². The van der Waals surface area contributed by atoms with Crippen molar-refractivity contribution in [3.8, 4) is 11.4 Å². The molecule has 108 valence electrons. The highest BCUT2D eigenvalue weighted by Crippen LogP contribution is 2.26. The van der Waals surface area contributed by atoms with Crippen molar-refractivity contribution in [1.29, 1.82) is 0 Å². The molecule has 0 fully saturated rings. The fraction of sp³-hybridized carbons (Fsp3) is 0.438.